The number of hydrogen-bond donors (Lipinski definition) is 2. The fraction of sp³-hybridized carbons (Fsp3) is 0.250. The van der Waals surface area contributed by atoms with Crippen molar-refractivity contribution >= 4 is 15.9 Å². The van der Waals surface area contributed by atoms with E-state index in [1.165, 1.54) is 0 Å². The van der Waals surface area contributed by atoms with Gasteiger partial charge in [-0.1, -0.05) is 29.3 Å². The number of unbranched alkanes of at least 4 members (excludes halogenated alkanes) is 1. The van der Waals surface area contributed by atoms with E-state index < -0.39 is 5.92 Å². The Kier molecular flexibility index (Phi) is 5.60. The van der Waals surface area contributed by atoms with E-state index in [0.29, 0.717) is 29.6 Å². The fourth-order valence-electron chi connectivity index (χ4n) is 3.98. The Morgan fingerprint density at radius 2 is 2.00 bits per heavy atom. The summed E-state index contributed by atoms with van der Waals surface area (Å²) in [6.07, 6.45) is 2.08. The van der Waals surface area contributed by atoms with Gasteiger partial charge < -0.3 is 24.7 Å². The molecule has 5 rings (SSSR count). The highest BCUT2D eigenvalue weighted by atomic mass is 79.9. The van der Waals surface area contributed by atoms with Gasteiger partial charge in [0.1, 0.15) is 17.4 Å². The summed E-state index contributed by atoms with van der Waals surface area (Å²) < 4.78 is 23.3. The van der Waals surface area contributed by atoms with E-state index in [0.717, 1.165) is 45.4 Å². The lowest BCUT2D eigenvalue weighted by atomic mass is 9.83. The number of rotatable bonds is 6. The molecule has 2 aliphatic rings. The van der Waals surface area contributed by atoms with E-state index >= 15 is 0 Å². The summed E-state index contributed by atoms with van der Waals surface area (Å²) in [6.45, 7) is 2.96. The topological polar surface area (TPSA) is 115 Å². The molecule has 3 aromatic rings. The average molecular weight is 509 g/mol. The molecule has 0 spiro atoms. The van der Waals surface area contributed by atoms with Gasteiger partial charge in [-0.3, -0.25) is 5.10 Å². The van der Waals surface area contributed by atoms with E-state index in [9.17, 15) is 5.26 Å². The number of H-pyrrole nitrogens is 1. The van der Waals surface area contributed by atoms with Gasteiger partial charge in [-0.25, -0.2) is 0 Å². The van der Waals surface area contributed by atoms with Crippen molar-refractivity contribution in [1.29, 1.82) is 5.26 Å². The van der Waals surface area contributed by atoms with E-state index in [1.807, 2.05) is 36.4 Å². The fourth-order valence-corrected chi connectivity index (χ4v) is 4.53. The Morgan fingerprint density at radius 1 is 1.24 bits per heavy atom. The normalized spacial score (nSPS) is 16.2. The predicted octanol–water partition coefficient (Wildman–Crippen LogP) is 4.96. The maximum absolute atomic E-state index is 9.95. The lowest BCUT2D eigenvalue weighted by Gasteiger charge is -2.25. The molecule has 0 saturated carbocycles. The lowest BCUT2D eigenvalue weighted by molar-refractivity contribution is 0.174. The molecule has 33 heavy (non-hydrogen) atoms. The zero-order valence-electron chi connectivity index (χ0n) is 17.9. The smallest absolute Gasteiger partial charge is 0.244 e. The van der Waals surface area contributed by atoms with Gasteiger partial charge in [-0.05, 0) is 48.4 Å². The number of aromatic nitrogens is 2. The summed E-state index contributed by atoms with van der Waals surface area (Å²) in [5, 5.41) is 17.4. The van der Waals surface area contributed by atoms with Crippen molar-refractivity contribution < 1.29 is 18.9 Å². The summed E-state index contributed by atoms with van der Waals surface area (Å²) in [6, 6.07) is 13.7. The van der Waals surface area contributed by atoms with E-state index in [1.54, 1.807) is 0 Å². The van der Waals surface area contributed by atoms with Gasteiger partial charge >= 0.3 is 0 Å². The standard InChI is InChI=1S/C24H21BrN4O4/c1-2-3-8-30-14-6-4-13(5-7-14)22-21-20(16(11-26)23(27)33-24(21)29-28-22)15-9-18-19(10-17(15)25)32-12-31-18/h4-7,9-10,20H,2-3,8,12,27H2,1H3,(H,28,29)/t20-/m1/s1. The van der Waals surface area contributed by atoms with Crippen LogP contribution >= 0.6 is 15.9 Å². The zero-order chi connectivity index (χ0) is 22.9. The van der Waals surface area contributed by atoms with Crippen molar-refractivity contribution in [2.45, 2.75) is 25.7 Å². The second kappa shape index (κ2) is 8.71. The third-order valence-electron chi connectivity index (χ3n) is 5.65. The van der Waals surface area contributed by atoms with E-state index in [2.05, 4.69) is 39.1 Å². The lowest BCUT2D eigenvalue weighted by Crippen LogP contribution is -2.21. The molecular weight excluding hydrogens is 488 g/mol. The summed E-state index contributed by atoms with van der Waals surface area (Å²) in [7, 11) is 0. The van der Waals surface area contributed by atoms with Crippen molar-refractivity contribution in [3.05, 3.63) is 63.5 Å². The van der Waals surface area contributed by atoms with Crippen LogP contribution in [-0.2, 0) is 0 Å². The highest BCUT2D eigenvalue weighted by Crippen LogP contribution is 2.49. The predicted molar refractivity (Wildman–Crippen MR) is 124 cm³/mol. The second-order valence-corrected chi connectivity index (χ2v) is 8.55. The third-order valence-corrected chi connectivity index (χ3v) is 6.34. The molecule has 0 saturated heterocycles. The molecule has 0 amide bonds. The van der Waals surface area contributed by atoms with Gasteiger partial charge in [0.2, 0.25) is 18.6 Å². The molecule has 168 valence electrons. The number of benzene rings is 2. The molecule has 1 atom stereocenters. The first-order chi connectivity index (χ1) is 16.1. The average Bonchev–Trinajstić information content (AvgIpc) is 3.45. The maximum Gasteiger partial charge on any atom is 0.244 e. The summed E-state index contributed by atoms with van der Waals surface area (Å²) >= 11 is 3.63. The molecular formula is C24H21BrN4O4. The molecule has 3 N–H and O–H groups in total. The number of allylic oxidation sites excluding steroid dienone is 1. The summed E-state index contributed by atoms with van der Waals surface area (Å²) in [5.41, 5.74) is 9.55. The number of halogens is 1. The maximum atomic E-state index is 9.95. The van der Waals surface area contributed by atoms with Crippen LogP contribution in [-0.4, -0.2) is 23.6 Å². The molecule has 3 heterocycles. The van der Waals surface area contributed by atoms with Crippen LogP contribution in [0, 0.1) is 11.3 Å². The van der Waals surface area contributed by atoms with Gasteiger partial charge in [0, 0.05) is 10.0 Å². The van der Waals surface area contributed by atoms with Crippen molar-refractivity contribution in [3.8, 4) is 40.5 Å². The summed E-state index contributed by atoms with van der Waals surface area (Å²) in [4.78, 5) is 0. The Bertz CT molecular complexity index is 1280. The minimum absolute atomic E-state index is 0.0253. The molecule has 0 unspecified atom stereocenters. The molecule has 0 fully saturated rings. The van der Waals surface area contributed by atoms with E-state index in [-0.39, 0.29) is 12.7 Å². The molecule has 0 aliphatic carbocycles. The first kappa shape index (κ1) is 21.2. The number of aromatic amines is 1. The van der Waals surface area contributed by atoms with Gasteiger partial charge in [0.05, 0.1) is 23.8 Å². The first-order valence-corrected chi connectivity index (χ1v) is 11.4. The van der Waals surface area contributed by atoms with Gasteiger partial charge in [0.25, 0.3) is 0 Å². The first-order valence-electron chi connectivity index (χ1n) is 10.6. The molecule has 2 aliphatic heterocycles. The number of nitrogens with zero attached hydrogens (tertiary/aromatic N) is 2. The van der Waals surface area contributed by atoms with Crippen LogP contribution in [0.5, 0.6) is 23.1 Å². The number of fused-ring (bicyclic) bond motifs is 2. The molecule has 8 nitrogen and oxygen atoms in total. The quantitative estimate of drug-likeness (QED) is 0.451. The zero-order valence-corrected chi connectivity index (χ0v) is 19.4. The Hall–Kier alpha value is -3.64. The van der Waals surface area contributed by atoms with Crippen LogP contribution in [0.15, 0.2) is 52.3 Å². The third kappa shape index (κ3) is 3.76. The van der Waals surface area contributed by atoms with Crippen LogP contribution in [0.3, 0.4) is 0 Å². The van der Waals surface area contributed by atoms with Gasteiger partial charge in [-0.2, -0.15) is 5.26 Å². The summed E-state index contributed by atoms with van der Waals surface area (Å²) in [5.74, 6) is 1.89. The Morgan fingerprint density at radius 3 is 2.73 bits per heavy atom. The van der Waals surface area contributed by atoms with Crippen molar-refractivity contribution in [3.63, 3.8) is 0 Å². The minimum atomic E-state index is -0.517. The SMILES string of the molecule is CCCCOc1ccc(-c2[nH]nc3c2[C@H](c2cc4c(cc2Br)OCO4)C(C#N)=C(N)O3)cc1. The van der Waals surface area contributed by atoms with Crippen LogP contribution < -0.4 is 24.7 Å². The second-order valence-electron chi connectivity index (χ2n) is 7.70. The number of nitrogens with one attached hydrogen (secondary N) is 1. The Balaban J connectivity index is 1.59. The molecule has 0 bridgehead atoms. The number of hydrogen-bond acceptors (Lipinski definition) is 7. The molecule has 0 radical (unpaired) electrons. The van der Waals surface area contributed by atoms with Crippen molar-refractivity contribution in [2.75, 3.05) is 13.4 Å². The molecule has 9 heteroatoms. The van der Waals surface area contributed by atoms with Crippen molar-refractivity contribution in [2.24, 2.45) is 5.73 Å². The minimum Gasteiger partial charge on any atom is -0.494 e. The van der Waals surface area contributed by atoms with Crippen LogP contribution in [0.2, 0.25) is 0 Å². The van der Waals surface area contributed by atoms with Gasteiger partial charge in [-0.15, -0.1) is 5.10 Å². The monoisotopic (exact) mass is 508 g/mol. The van der Waals surface area contributed by atoms with Crippen LogP contribution in [0.1, 0.15) is 36.8 Å². The molecule has 1 aromatic heterocycles. The van der Waals surface area contributed by atoms with E-state index in [4.69, 9.17) is 24.7 Å². The number of nitriles is 1. The molecule has 2 aromatic carbocycles. The van der Waals surface area contributed by atoms with Gasteiger partial charge in [0.15, 0.2) is 11.5 Å². The van der Waals surface area contributed by atoms with Crippen LogP contribution in [0.4, 0.5) is 0 Å². The highest BCUT2D eigenvalue weighted by Gasteiger charge is 2.37. The Labute approximate surface area is 199 Å². The highest BCUT2D eigenvalue weighted by molar-refractivity contribution is 9.10. The largest absolute Gasteiger partial charge is 0.494 e. The number of nitrogens with two attached hydrogens (primary N) is 1. The number of ether oxygens (including phenoxy) is 4. The van der Waals surface area contributed by atoms with Crippen LogP contribution in [0.25, 0.3) is 11.3 Å². The van der Waals surface area contributed by atoms with Crippen molar-refractivity contribution in [1.82, 2.24) is 10.2 Å².